The molecule has 6 fully saturated rings. The molecule has 0 amide bonds. The van der Waals surface area contributed by atoms with Gasteiger partial charge in [0, 0.05) is 17.3 Å². The Labute approximate surface area is 350 Å². The molecule has 0 radical (unpaired) electrons. The van der Waals surface area contributed by atoms with E-state index in [1.54, 1.807) is 13.8 Å². The van der Waals surface area contributed by atoms with Crippen LogP contribution in [0.3, 0.4) is 0 Å². The highest BCUT2D eigenvalue weighted by Gasteiger charge is 2.58. The van der Waals surface area contributed by atoms with Gasteiger partial charge in [-0.2, -0.15) is 0 Å². The fourth-order valence-corrected chi connectivity index (χ4v) is 9.26. The number of rotatable bonds is 13. The molecule has 58 heavy (non-hydrogen) atoms. The summed E-state index contributed by atoms with van der Waals surface area (Å²) < 4.78 is 32.4. The van der Waals surface area contributed by atoms with Crippen LogP contribution in [0, 0.1) is 38.9 Å². The maximum atomic E-state index is 12.5. The average Bonchev–Trinajstić information content (AvgIpc) is 3.56. The number of carbonyl (C=O) groups excluding carboxylic acids is 5. The van der Waals surface area contributed by atoms with Crippen molar-refractivity contribution < 1.29 is 52.4 Å². The molecule has 11 nitrogen and oxygen atoms in total. The van der Waals surface area contributed by atoms with Gasteiger partial charge in [-0.15, -0.1) is 0 Å². The number of hydrogen-bond acceptors (Lipinski definition) is 11. The third-order valence-electron chi connectivity index (χ3n) is 13.9. The van der Waals surface area contributed by atoms with Crippen LogP contribution >= 0.6 is 0 Å². The second-order valence-corrected chi connectivity index (χ2v) is 21.3. The molecule has 5 saturated carbocycles. The second-order valence-electron chi connectivity index (χ2n) is 21.3. The average molecular weight is 821 g/mol. The van der Waals surface area contributed by atoms with Crippen LogP contribution in [0.5, 0.6) is 0 Å². The Kier molecular flexibility index (Phi) is 16.8. The molecular formula is C47H80O11. The molecular weight excluding hydrogens is 741 g/mol. The van der Waals surface area contributed by atoms with Crippen molar-refractivity contribution in [1.29, 1.82) is 0 Å². The van der Waals surface area contributed by atoms with Crippen LogP contribution in [0.15, 0.2) is 0 Å². The van der Waals surface area contributed by atoms with Crippen LogP contribution in [0.25, 0.3) is 0 Å². The highest BCUT2D eigenvalue weighted by Crippen LogP contribution is 2.65. The van der Waals surface area contributed by atoms with Crippen molar-refractivity contribution in [3.8, 4) is 0 Å². The van der Waals surface area contributed by atoms with E-state index in [9.17, 15) is 24.0 Å². The molecule has 334 valence electrons. The zero-order chi connectivity index (χ0) is 43.8. The quantitative estimate of drug-likeness (QED) is 0.129. The van der Waals surface area contributed by atoms with Crippen LogP contribution in [-0.2, 0) is 47.6 Å². The Morgan fingerprint density at radius 1 is 0.672 bits per heavy atom. The molecule has 0 aromatic heterocycles. The predicted octanol–water partition coefficient (Wildman–Crippen LogP) is 10.9. The first-order valence-corrected chi connectivity index (χ1v) is 22.4. The second kappa shape index (κ2) is 19.7. The number of cyclic esters (lactones) is 1. The number of esters is 4. The fourth-order valence-electron chi connectivity index (χ4n) is 9.26. The van der Waals surface area contributed by atoms with Crippen LogP contribution in [-0.4, -0.2) is 67.2 Å². The SMILES string of the molecule is CCC(C)(C)C(=O)OC1CCOC1=O.CCC(C)(C)C(=O)OCC12CC3CC(CC(COC(=O)OC(C)(C)C)(C3)C1)C2.CCC1(OC(=O)C(C)(C)CC)CCCCC1. The summed E-state index contributed by atoms with van der Waals surface area (Å²) >= 11 is 0. The maximum absolute atomic E-state index is 12.5. The molecule has 0 aromatic rings. The molecule has 1 aliphatic heterocycles. The molecule has 0 aromatic carbocycles. The van der Waals surface area contributed by atoms with Crippen LogP contribution < -0.4 is 0 Å². The summed E-state index contributed by atoms with van der Waals surface area (Å²) in [5.74, 6) is 0.445. The smallest absolute Gasteiger partial charge is 0.465 e. The van der Waals surface area contributed by atoms with Crippen LogP contribution in [0.2, 0.25) is 0 Å². The predicted molar refractivity (Wildman–Crippen MR) is 223 cm³/mol. The zero-order valence-corrected chi connectivity index (χ0v) is 38.7. The van der Waals surface area contributed by atoms with Crippen molar-refractivity contribution in [3.63, 3.8) is 0 Å². The molecule has 4 bridgehead atoms. The van der Waals surface area contributed by atoms with Crippen molar-refractivity contribution in [2.24, 2.45) is 38.9 Å². The third-order valence-corrected chi connectivity index (χ3v) is 13.9. The Hall–Kier alpha value is -2.85. The van der Waals surface area contributed by atoms with Crippen LogP contribution in [0.1, 0.15) is 193 Å². The molecule has 1 heterocycles. The molecule has 0 spiro atoms. The minimum Gasteiger partial charge on any atom is -0.465 e. The van der Waals surface area contributed by atoms with E-state index >= 15 is 0 Å². The highest BCUT2D eigenvalue weighted by molar-refractivity contribution is 5.82. The van der Waals surface area contributed by atoms with Gasteiger partial charge in [0.05, 0.1) is 29.5 Å². The molecule has 11 heteroatoms. The number of carbonyl (C=O) groups is 5. The molecule has 5 aliphatic carbocycles. The van der Waals surface area contributed by atoms with Gasteiger partial charge in [0.25, 0.3) is 0 Å². The lowest BCUT2D eigenvalue weighted by Gasteiger charge is -2.61. The van der Waals surface area contributed by atoms with E-state index in [1.807, 2.05) is 69.2 Å². The van der Waals surface area contributed by atoms with Gasteiger partial charge in [-0.05, 0) is 164 Å². The summed E-state index contributed by atoms with van der Waals surface area (Å²) in [5.41, 5.74) is -1.90. The summed E-state index contributed by atoms with van der Waals surface area (Å²) in [4.78, 5) is 59.3. The first kappa shape index (κ1) is 49.5. The Balaban J connectivity index is 0.000000255. The topological polar surface area (TPSA) is 141 Å². The van der Waals surface area contributed by atoms with E-state index in [1.165, 1.54) is 25.7 Å². The van der Waals surface area contributed by atoms with E-state index in [0.29, 0.717) is 44.5 Å². The molecule has 3 atom stereocenters. The fraction of sp³-hybridized carbons (Fsp3) is 0.894. The molecule has 0 N–H and O–H groups in total. The van der Waals surface area contributed by atoms with E-state index in [-0.39, 0.29) is 39.8 Å². The van der Waals surface area contributed by atoms with Crippen molar-refractivity contribution in [2.75, 3.05) is 19.8 Å². The summed E-state index contributed by atoms with van der Waals surface area (Å²) in [5, 5.41) is 0. The molecule has 1 saturated heterocycles. The standard InChI is InChI=1S/C23H38O5.C14H26O2.C10H16O4/c1-7-21(5,6)18(24)26-14-22-9-16-8-17(10-22)12-23(11-16,13-22)15-27-19(25)28-20(2,3)4;1-5-13(3,4)12(15)16-14(6-2)10-8-7-9-11-14;1-4-10(2,3)9(12)14-7-5-6-13-8(7)11/h16-17H,7-15H2,1-6H3;5-11H2,1-4H3;7H,4-6H2,1-3H3. The van der Waals surface area contributed by atoms with E-state index in [0.717, 1.165) is 64.2 Å². The number of hydrogen-bond donors (Lipinski definition) is 0. The van der Waals surface area contributed by atoms with Gasteiger partial charge in [-0.1, -0.05) is 34.1 Å². The lowest BCUT2D eigenvalue weighted by atomic mass is 9.44. The number of ether oxygens (including phenoxy) is 6. The minimum atomic E-state index is -0.687. The van der Waals surface area contributed by atoms with Crippen LogP contribution in [0.4, 0.5) is 4.79 Å². The van der Waals surface area contributed by atoms with Crippen molar-refractivity contribution >= 4 is 30.0 Å². The molecule has 6 rings (SSSR count). The monoisotopic (exact) mass is 821 g/mol. The largest absolute Gasteiger partial charge is 0.508 e. The van der Waals surface area contributed by atoms with E-state index in [2.05, 4.69) is 6.92 Å². The summed E-state index contributed by atoms with van der Waals surface area (Å²) in [7, 11) is 0. The van der Waals surface area contributed by atoms with Gasteiger partial charge < -0.3 is 28.4 Å². The molecule has 3 unspecified atom stereocenters. The zero-order valence-electron chi connectivity index (χ0n) is 38.7. The van der Waals surface area contributed by atoms with Gasteiger partial charge >= 0.3 is 30.0 Å². The summed E-state index contributed by atoms with van der Waals surface area (Å²) in [6, 6.07) is 0. The minimum absolute atomic E-state index is 0.0150. The van der Waals surface area contributed by atoms with E-state index < -0.39 is 34.7 Å². The third kappa shape index (κ3) is 13.6. The van der Waals surface area contributed by atoms with Crippen molar-refractivity contribution in [3.05, 3.63) is 0 Å². The lowest BCUT2D eigenvalue weighted by Crippen LogP contribution is -2.55. The van der Waals surface area contributed by atoms with Gasteiger partial charge in [-0.25, -0.2) is 9.59 Å². The van der Waals surface area contributed by atoms with Gasteiger partial charge in [0.2, 0.25) is 6.10 Å². The Bertz CT molecular complexity index is 1400. The Morgan fingerprint density at radius 3 is 1.60 bits per heavy atom. The normalized spacial score (nSPS) is 27.5. The van der Waals surface area contributed by atoms with Gasteiger partial charge in [0.1, 0.15) is 17.8 Å². The van der Waals surface area contributed by atoms with Gasteiger partial charge in [0.15, 0.2) is 0 Å². The lowest BCUT2D eigenvalue weighted by molar-refractivity contribution is -0.178. The van der Waals surface area contributed by atoms with Crippen molar-refractivity contribution in [1.82, 2.24) is 0 Å². The Morgan fingerprint density at radius 2 is 1.16 bits per heavy atom. The van der Waals surface area contributed by atoms with E-state index in [4.69, 9.17) is 28.4 Å². The highest BCUT2D eigenvalue weighted by atomic mass is 16.7. The van der Waals surface area contributed by atoms with Gasteiger partial charge in [-0.3, -0.25) is 14.4 Å². The first-order chi connectivity index (χ1) is 26.8. The molecule has 6 aliphatic rings. The maximum Gasteiger partial charge on any atom is 0.508 e. The summed E-state index contributed by atoms with van der Waals surface area (Å²) in [6.07, 6.45) is 15.0. The van der Waals surface area contributed by atoms with Crippen molar-refractivity contribution in [2.45, 2.75) is 210 Å². The summed E-state index contributed by atoms with van der Waals surface area (Å²) in [6.45, 7) is 26.4. The first-order valence-electron chi connectivity index (χ1n) is 22.4.